The molecule has 6 nitrogen and oxygen atoms in total. The lowest BCUT2D eigenvalue weighted by molar-refractivity contribution is 0.468. The zero-order valence-electron chi connectivity index (χ0n) is 15.2. The van der Waals surface area contributed by atoms with Crippen molar-refractivity contribution in [3.05, 3.63) is 88.9 Å². The maximum absolute atomic E-state index is 10.8. The van der Waals surface area contributed by atoms with Crippen molar-refractivity contribution in [2.75, 3.05) is 5.32 Å². The van der Waals surface area contributed by atoms with E-state index in [-0.39, 0.29) is 11.8 Å². The zero-order valence-corrected chi connectivity index (χ0v) is 16.8. The minimum atomic E-state index is -0.337. The lowest BCUT2D eigenvalue weighted by Crippen LogP contribution is -2.14. The van der Waals surface area contributed by atoms with Crippen molar-refractivity contribution >= 4 is 43.7 Å². The summed E-state index contributed by atoms with van der Waals surface area (Å²) < 4.78 is 0.986. The average Bonchev–Trinajstić information content (AvgIpc) is 3.23. The number of halogens is 1. The molecule has 1 unspecified atom stereocenters. The van der Waals surface area contributed by atoms with Gasteiger partial charge in [0.05, 0.1) is 12.4 Å². The normalized spacial score (nSPS) is 12.3. The Kier molecular flexibility index (Phi) is 4.37. The SMILES string of the molecule is Oc1ccc2ccccc2c1C(Nc1ncnc2nc[nH]c12)c1ccc(Br)cc1. The van der Waals surface area contributed by atoms with Crippen molar-refractivity contribution in [2.45, 2.75) is 6.04 Å². The van der Waals surface area contributed by atoms with Crippen LogP contribution in [0.3, 0.4) is 0 Å². The van der Waals surface area contributed by atoms with Gasteiger partial charge in [-0.1, -0.05) is 58.4 Å². The number of aromatic amines is 1. The Balaban J connectivity index is 1.73. The predicted molar refractivity (Wildman–Crippen MR) is 117 cm³/mol. The number of nitrogens with zero attached hydrogens (tertiary/aromatic N) is 3. The first-order valence-electron chi connectivity index (χ1n) is 9.07. The number of aromatic hydroxyl groups is 1. The van der Waals surface area contributed by atoms with Crippen LogP contribution in [-0.4, -0.2) is 25.0 Å². The van der Waals surface area contributed by atoms with Crippen LogP contribution in [0.2, 0.25) is 0 Å². The molecule has 3 N–H and O–H groups in total. The molecule has 0 spiro atoms. The quantitative estimate of drug-likeness (QED) is 0.354. The van der Waals surface area contributed by atoms with Crippen LogP contribution >= 0.6 is 15.9 Å². The number of benzene rings is 3. The molecule has 2 aromatic heterocycles. The molecule has 5 rings (SSSR count). The highest BCUT2D eigenvalue weighted by Gasteiger charge is 2.22. The van der Waals surface area contributed by atoms with E-state index in [1.807, 2.05) is 54.6 Å². The van der Waals surface area contributed by atoms with Crippen LogP contribution in [0.15, 0.2) is 77.8 Å². The summed E-state index contributed by atoms with van der Waals surface area (Å²) in [6.07, 6.45) is 3.07. The van der Waals surface area contributed by atoms with Crippen molar-refractivity contribution < 1.29 is 5.11 Å². The van der Waals surface area contributed by atoms with Crippen LogP contribution in [0.25, 0.3) is 21.9 Å². The minimum absolute atomic E-state index is 0.221. The van der Waals surface area contributed by atoms with Gasteiger partial charge in [0.1, 0.15) is 17.6 Å². The van der Waals surface area contributed by atoms with Crippen LogP contribution in [-0.2, 0) is 0 Å². The minimum Gasteiger partial charge on any atom is -0.508 e. The van der Waals surface area contributed by atoms with Gasteiger partial charge in [-0.3, -0.25) is 0 Å². The summed E-state index contributed by atoms with van der Waals surface area (Å²) in [5.41, 5.74) is 3.08. The average molecular weight is 446 g/mol. The van der Waals surface area contributed by atoms with E-state index in [1.165, 1.54) is 6.33 Å². The van der Waals surface area contributed by atoms with E-state index in [1.54, 1.807) is 12.4 Å². The fraction of sp³-hybridized carbons (Fsp3) is 0.0455. The van der Waals surface area contributed by atoms with E-state index in [0.717, 1.165) is 26.4 Å². The number of imidazole rings is 1. The number of hydrogen-bond donors (Lipinski definition) is 3. The van der Waals surface area contributed by atoms with E-state index in [4.69, 9.17) is 0 Å². The van der Waals surface area contributed by atoms with Crippen molar-refractivity contribution in [1.29, 1.82) is 0 Å². The summed E-state index contributed by atoms with van der Waals surface area (Å²) in [6.45, 7) is 0. The van der Waals surface area contributed by atoms with Crippen LogP contribution in [0, 0.1) is 0 Å². The Hall–Kier alpha value is -3.45. The number of phenols is 1. The zero-order chi connectivity index (χ0) is 19.8. The van der Waals surface area contributed by atoms with Crippen LogP contribution < -0.4 is 5.32 Å². The Morgan fingerprint density at radius 1 is 0.931 bits per heavy atom. The molecule has 2 heterocycles. The number of H-pyrrole nitrogens is 1. The Morgan fingerprint density at radius 3 is 2.62 bits per heavy atom. The molecule has 3 aromatic carbocycles. The van der Waals surface area contributed by atoms with Gasteiger partial charge in [-0.05, 0) is 34.5 Å². The van der Waals surface area contributed by atoms with Gasteiger partial charge in [0.25, 0.3) is 0 Å². The molecule has 0 aliphatic heterocycles. The summed E-state index contributed by atoms with van der Waals surface area (Å²) in [7, 11) is 0. The fourth-order valence-electron chi connectivity index (χ4n) is 3.58. The van der Waals surface area contributed by atoms with Gasteiger partial charge in [0.15, 0.2) is 11.5 Å². The molecule has 142 valence electrons. The van der Waals surface area contributed by atoms with Gasteiger partial charge < -0.3 is 15.4 Å². The molecule has 1 atom stereocenters. The Bertz CT molecular complexity index is 1320. The highest BCUT2D eigenvalue weighted by Crippen LogP contribution is 2.38. The number of anilines is 1. The van der Waals surface area contributed by atoms with E-state index < -0.39 is 0 Å². The van der Waals surface area contributed by atoms with Crippen molar-refractivity contribution in [3.63, 3.8) is 0 Å². The highest BCUT2D eigenvalue weighted by atomic mass is 79.9. The van der Waals surface area contributed by atoms with Crippen molar-refractivity contribution in [2.24, 2.45) is 0 Å². The maximum Gasteiger partial charge on any atom is 0.182 e. The second kappa shape index (κ2) is 7.18. The first-order chi connectivity index (χ1) is 14.2. The van der Waals surface area contributed by atoms with Gasteiger partial charge in [0.2, 0.25) is 0 Å². The summed E-state index contributed by atoms with van der Waals surface area (Å²) in [6, 6.07) is 19.3. The molecule has 5 aromatic rings. The highest BCUT2D eigenvalue weighted by molar-refractivity contribution is 9.10. The number of nitrogens with one attached hydrogen (secondary N) is 2. The number of hydrogen-bond acceptors (Lipinski definition) is 5. The van der Waals surface area contributed by atoms with Gasteiger partial charge in [-0.2, -0.15) is 0 Å². The second-order valence-corrected chi connectivity index (χ2v) is 7.59. The maximum atomic E-state index is 10.8. The standard InChI is InChI=1S/C22H16BrN5O/c23-15-8-5-14(6-9-15)19(28-22-20-21(25-11-24-20)26-12-27-22)18-16-4-2-1-3-13(16)7-10-17(18)29/h1-12,19,29H,(H2,24,25,26,27,28). The van der Waals surface area contributed by atoms with Gasteiger partial charge in [0, 0.05) is 10.0 Å². The molecule has 0 aliphatic carbocycles. The first-order valence-corrected chi connectivity index (χ1v) is 9.87. The molecule has 0 bridgehead atoms. The third-order valence-electron chi connectivity index (χ3n) is 4.94. The lowest BCUT2D eigenvalue weighted by Gasteiger charge is -2.23. The summed E-state index contributed by atoms with van der Waals surface area (Å²) in [5, 5.41) is 16.4. The Morgan fingerprint density at radius 2 is 1.76 bits per heavy atom. The second-order valence-electron chi connectivity index (χ2n) is 6.67. The van der Waals surface area contributed by atoms with E-state index >= 15 is 0 Å². The topological polar surface area (TPSA) is 86.7 Å². The molecule has 7 heteroatoms. The largest absolute Gasteiger partial charge is 0.508 e. The van der Waals surface area contributed by atoms with Crippen LogP contribution in [0.4, 0.5) is 5.82 Å². The third kappa shape index (κ3) is 3.19. The van der Waals surface area contributed by atoms with Gasteiger partial charge in [-0.25, -0.2) is 15.0 Å². The fourth-order valence-corrected chi connectivity index (χ4v) is 3.84. The van der Waals surface area contributed by atoms with Crippen molar-refractivity contribution in [1.82, 2.24) is 19.9 Å². The Labute approximate surface area is 174 Å². The number of phenolic OH excluding ortho intramolecular Hbond substituents is 1. The molecule has 29 heavy (non-hydrogen) atoms. The third-order valence-corrected chi connectivity index (χ3v) is 5.47. The first kappa shape index (κ1) is 17.6. The van der Waals surface area contributed by atoms with Crippen LogP contribution in [0.5, 0.6) is 5.75 Å². The summed E-state index contributed by atoms with van der Waals surface area (Å²) in [4.78, 5) is 15.9. The molecular weight excluding hydrogens is 430 g/mol. The monoisotopic (exact) mass is 445 g/mol. The van der Waals surface area contributed by atoms with Crippen LogP contribution in [0.1, 0.15) is 17.2 Å². The van der Waals surface area contributed by atoms with Gasteiger partial charge in [-0.15, -0.1) is 0 Å². The summed E-state index contributed by atoms with van der Waals surface area (Å²) >= 11 is 3.50. The van der Waals surface area contributed by atoms with Crippen molar-refractivity contribution in [3.8, 4) is 5.75 Å². The molecule has 0 radical (unpaired) electrons. The van der Waals surface area contributed by atoms with E-state index in [0.29, 0.717) is 17.0 Å². The summed E-state index contributed by atoms with van der Waals surface area (Å²) in [5.74, 6) is 0.840. The van der Waals surface area contributed by atoms with Gasteiger partial charge >= 0.3 is 0 Å². The molecule has 0 saturated heterocycles. The van der Waals surface area contributed by atoms with E-state index in [9.17, 15) is 5.11 Å². The molecule has 0 saturated carbocycles. The lowest BCUT2D eigenvalue weighted by atomic mass is 9.92. The molecular formula is C22H16BrN5O. The molecule has 0 aliphatic rings. The number of aromatic nitrogens is 4. The number of rotatable bonds is 4. The molecule has 0 amide bonds. The smallest absolute Gasteiger partial charge is 0.182 e. The number of fused-ring (bicyclic) bond motifs is 2. The predicted octanol–water partition coefficient (Wildman–Crippen LogP) is 5.18. The van der Waals surface area contributed by atoms with E-state index in [2.05, 4.69) is 41.2 Å². The molecule has 0 fully saturated rings.